The van der Waals surface area contributed by atoms with Gasteiger partial charge < -0.3 is 174 Å². The van der Waals surface area contributed by atoms with Gasteiger partial charge in [0.1, 0.15) is 85.3 Å². The van der Waals surface area contributed by atoms with Crippen LogP contribution in [0.1, 0.15) is 94.1 Å². The average molecular weight is 2030 g/mol. The molecule has 4 aromatic rings. The Labute approximate surface area is 801 Å². The van der Waals surface area contributed by atoms with Crippen molar-refractivity contribution in [1.29, 1.82) is 0 Å². The quantitative estimate of drug-likeness (QED) is 0.00488. The van der Waals surface area contributed by atoms with Gasteiger partial charge in [-0.05, 0) is 44.9 Å². The van der Waals surface area contributed by atoms with Gasteiger partial charge >= 0.3 is 5.97 Å². The smallest absolute Gasteiger partial charge is 0.313 e. The molecule has 0 spiro atoms. The zero-order valence-corrected chi connectivity index (χ0v) is 77.6. The Balaban J connectivity index is 0.824. The van der Waals surface area contributed by atoms with E-state index in [-0.39, 0.29) is 260 Å². The fourth-order valence-electron chi connectivity index (χ4n) is 13.4. The number of nitrogens with one attached hydrogen (secondary N) is 6. The van der Waals surface area contributed by atoms with Crippen LogP contribution in [0.3, 0.4) is 0 Å². The first-order valence-corrected chi connectivity index (χ1v) is 46.2. The van der Waals surface area contributed by atoms with E-state index in [1.807, 2.05) is 0 Å². The highest BCUT2D eigenvalue weighted by Gasteiger charge is 2.47. The molecule has 56 heteroatoms. The minimum absolute atomic E-state index is 0.00428. The van der Waals surface area contributed by atoms with E-state index in [1.54, 1.807) is 32.6 Å². The predicted molar refractivity (Wildman–Crippen MR) is 462 cm³/mol. The Hall–Kier alpha value is -8.54. The van der Waals surface area contributed by atoms with Crippen LogP contribution in [0.2, 0.25) is 0 Å². The van der Waals surface area contributed by atoms with Crippen LogP contribution >= 0.6 is 0 Å². The molecule has 3 fully saturated rings. The number of unbranched alkanes of at least 4 members (excludes halogenated alkanes) is 2. The fraction of sp³-hybridized carbons (Fsp3) is 0.774. The number of hydrogen-bond donors (Lipinski definition) is 18. The highest BCUT2D eigenvalue weighted by molar-refractivity contribution is 5.92. The summed E-state index contributed by atoms with van der Waals surface area (Å²) in [6.45, 7) is 1.66. The van der Waals surface area contributed by atoms with Gasteiger partial charge in [0, 0.05) is 89.7 Å². The van der Waals surface area contributed by atoms with Gasteiger partial charge in [-0.1, -0.05) is 15.6 Å². The molecule has 796 valence electrons. The second-order valence-corrected chi connectivity index (χ2v) is 32.0. The minimum atomic E-state index is -2.41. The summed E-state index contributed by atoms with van der Waals surface area (Å²) < 4.78 is 165. The molecule has 1 aromatic carbocycles. The first-order chi connectivity index (χ1) is 67.6. The van der Waals surface area contributed by atoms with Crippen molar-refractivity contribution < 1.29 is 197 Å². The van der Waals surface area contributed by atoms with Crippen molar-refractivity contribution >= 4 is 41.4 Å². The number of aromatic nitrogens is 9. The van der Waals surface area contributed by atoms with Crippen LogP contribution in [0.4, 0.5) is 22.0 Å². The van der Waals surface area contributed by atoms with E-state index < -0.39 is 189 Å². The van der Waals surface area contributed by atoms with Crippen molar-refractivity contribution in [2.24, 2.45) is 0 Å². The molecule has 0 saturated carbocycles. The molecule has 51 nitrogen and oxygen atoms in total. The van der Waals surface area contributed by atoms with E-state index in [1.165, 1.54) is 0 Å². The molecule has 3 saturated heterocycles. The van der Waals surface area contributed by atoms with Crippen LogP contribution in [-0.4, -0.2) is 450 Å². The Bertz CT molecular complexity index is 4160. The maximum Gasteiger partial charge on any atom is 0.313 e. The number of aliphatic hydroxyl groups is 12. The number of carbonyl (C=O) groups excluding carboxylic acids is 7. The second kappa shape index (κ2) is 67.9. The maximum atomic E-state index is 14.4. The van der Waals surface area contributed by atoms with Crippen molar-refractivity contribution in [2.45, 2.75) is 220 Å². The van der Waals surface area contributed by atoms with Gasteiger partial charge in [0.15, 0.2) is 18.9 Å². The largest absolute Gasteiger partial charge is 0.420 e. The van der Waals surface area contributed by atoms with Crippen LogP contribution < -0.4 is 36.6 Å². The molecule has 140 heavy (non-hydrogen) atoms. The number of carbonyl (C=O) groups is 7. The lowest BCUT2D eigenvalue weighted by Crippen LogP contribution is -2.59. The van der Waals surface area contributed by atoms with Gasteiger partial charge in [-0.3, -0.25) is 33.6 Å². The SMILES string of the molecule is O=C(CCOCCOCCn1cc(CCO[C@@H]2O[C@H](CO)[C@H](O)[C@H](O)[C@H]2O)nn1)NCCCC[C@@H](NC(=O)CCCNC(=O)CCOCCOCCn1cc(CCO[C@@H]2O[C@H](CO)[C@H](O)[C@H](O)[C@H]2O)nn1)C(=O)N[C@H](CCCCNC(=O)CCOCCOCCn1cc(CCO[C@@H]2O[C@H](CO)[C@H](O)[C@H](O)[C@H]2O)nn1)C(=O)NCCOCCOCCOCCOCCC(=O)Oc1c(F)c(F)c(F)c(F)c1F. The molecule has 0 aliphatic carbocycles. The second-order valence-electron chi connectivity index (χ2n) is 32.0. The summed E-state index contributed by atoms with van der Waals surface area (Å²) in [7, 11) is 0. The molecule has 17 atom stereocenters. The summed E-state index contributed by atoms with van der Waals surface area (Å²) >= 11 is 0. The minimum Gasteiger partial charge on any atom is -0.420 e. The highest BCUT2D eigenvalue weighted by Crippen LogP contribution is 2.31. The zero-order chi connectivity index (χ0) is 101. The van der Waals surface area contributed by atoms with Crippen molar-refractivity contribution in [1.82, 2.24) is 76.9 Å². The number of ether oxygens (including phenoxy) is 17. The van der Waals surface area contributed by atoms with E-state index in [0.717, 1.165) is 0 Å². The summed E-state index contributed by atoms with van der Waals surface area (Å²) in [4.78, 5) is 92.7. The summed E-state index contributed by atoms with van der Waals surface area (Å²) in [5.41, 5.74) is 1.64. The molecular weight excluding hydrogens is 1890 g/mol. The Morgan fingerprint density at radius 1 is 0.329 bits per heavy atom. The summed E-state index contributed by atoms with van der Waals surface area (Å²) in [5, 5.41) is 160. The van der Waals surface area contributed by atoms with E-state index >= 15 is 0 Å². The van der Waals surface area contributed by atoms with Gasteiger partial charge in [-0.25, -0.2) is 27.2 Å². The monoisotopic (exact) mass is 2020 g/mol. The standard InChI is InChI=1S/C84H134F5N15O36/c85-65-66(86)68(88)79(69(89)67(65)87)140-64(112)15-26-127-37-42-132-44-45-133-43-38-128-30-19-93-80(122)55(6-1-3-16-90-60(108)12-23-124-34-39-129-31-20-102-46-52(96-99-102)9-27-134-82-76(119)73(116)70(113)57(49-105)137-82)95-81(123)56(7-2-4-17-91-61(109)13-24-125-35-40-130-32-21-103-47-53(97-100-103)10-28-135-83-77(120)74(117)71(114)58(50-106)138-83)94-63(111)8-5-18-92-62(110)14-25-126-36-41-131-33-22-104-48-54(98-101-104)11-29-136-84-78(121)75(118)72(115)59(51-107)139-84/h46-48,55-59,70-78,82-84,105-107,113-121H,1-45,49-51H2,(H,90,108)(H,91,109)(H,92,110)(H,93,122)(H,94,111)(H,95,123)/t55-,56-,57-,58-,59-,70+,71+,72+,73+,74+,75+,76-,77-,78-,82-,83-,84-/m1/s1. The summed E-state index contributed by atoms with van der Waals surface area (Å²) in [6.07, 6.45) is -14.5. The Kier molecular flexibility index (Phi) is 57.4. The molecule has 3 aliphatic rings. The third-order valence-electron chi connectivity index (χ3n) is 21.3. The van der Waals surface area contributed by atoms with Gasteiger partial charge in [0.2, 0.25) is 70.3 Å². The summed E-state index contributed by atoms with van der Waals surface area (Å²) in [5.74, 6) is -17.5. The van der Waals surface area contributed by atoms with Crippen molar-refractivity contribution in [2.75, 3.05) is 198 Å². The van der Waals surface area contributed by atoms with Crippen LogP contribution in [0.15, 0.2) is 18.6 Å². The Morgan fingerprint density at radius 2 is 0.643 bits per heavy atom. The van der Waals surface area contributed by atoms with Crippen LogP contribution in [-0.2, 0) is 148 Å². The lowest BCUT2D eigenvalue weighted by atomic mass is 9.99. The fourth-order valence-corrected chi connectivity index (χ4v) is 13.4. The topological polar surface area (TPSA) is 683 Å². The molecule has 0 radical (unpaired) electrons. The van der Waals surface area contributed by atoms with Crippen LogP contribution in [0.25, 0.3) is 0 Å². The Morgan fingerprint density at radius 3 is 1.00 bits per heavy atom. The number of nitrogens with zero attached hydrogens (tertiary/aromatic N) is 9. The van der Waals surface area contributed by atoms with Crippen molar-refractivity contribution in [3.8, 4) is 5.75 Å². The van der Waals surface area contributed by atoms with E-state index in [4.69, 9.17) is 75.8 Å². The number of benzene rings is 1. The van der Waals surface area contributed by atoms with Crippen molar-refractivity contribution in [3.05, 3.63) is 64.8 Å². The predicted octanol–water partition coefficient (Wildman–Crippen LogP) is -7.48. The van der Waals surface area contributed by atoms with Gasteiger partial charge in [-0.15, -0.1) is 15.3 Å². The maximum absolute atomic E-state index is 14.4. The highest BCUT2D eigenvalue weighted by atomic mass is 19.2. The molecule has 0 unspecified atom stereocenters. The third-order valence-corrected chi connectivity index (χ3v) is 21.3. The molecule has 0 bridgehead atoms. The number of aliphatic hydroxyl groups excluding tert-OH is 12. The normalized spacial score (nSPS) is 21.9. The molecule has 3 aromatic heterocycles. The molecule has 18 N–H and O–H groups in total. The zero-order valence-electron chi connectivity index (χ0n) is 77.6. The number of rotatable bonds is 76. The molecule has 6 heterocycles. The first-order valence-electron chi connectivity index (χ1n) is 46.2. The van der Waals surface area contributed by atoms with E-state index in [0.29, 0.717) is 62.4 Å². The first kappa shape index (κ1) is 118. The molecule has 7 rings (SSSR count). The van der Waals surface area contributed by atoms with Crippen molar-refractivity contribution in [3.63, 3.8) is 0 Å². The van der Waals surface area contributed by atoms with Gasteiger partial charge in [0.05, 0.1) is 215 Å². The van der Waals surface area contributed by atoms with E-state index in [9.17, 15) is 117 Å². The number of hydrogen-bond acceptors (Lipinski definition) is 42. The van der Waals surface area contributed by atoms with Crippen LogP contribution in [0.5, 0.6) is 5.75 Å². The lowest BCUT2D eigenvalue weighted by molar-refractivity contribution is -0.300. The molecule has 3 aliphatic heterocycles. The lowest BCUT2D eigenvalue weighted by Gasteiger charge is -2.39. The third kappa shape index (κ3) is 44.0. The van der Waals surface area contributed by atoms with Gasteiger partial charge in [0.25, 0.3) is 0 Å². The summed E-state index contributed by atoms with van der Waals surface area (Å²) in [6, 6.07) is -2.38. The number of esters is 1. The van der Waals surface area contributed by atoms with Crippen LogP contribution in [0, 0.1) is 29.1 Å². The molecular formula is C84H134F5N15O36. The van der Waals surface area contributed by atoms with E-state index in [2.05, 4.69) is 67.6 Å². The number of amides is 6. The molecule has 6 amide bonds. The van der Waals surface area contributed by atoms with Gasteiger partial charge in [-0.2, -0.15) is 8.78 Å². The number of halogens is 5. The average Bonchev–Trinajstić information content (AvgIpc) is 0.955.